The number of carboxylic acid groups (broad SMARTS) is 1. The van der Waals surface area contributed by atoms with Crippen molar-refractivity contribution in [1.82, 2.24) is 10.2 Å². The fraction of sp³-hybridized carbons (Fsp3) is 0.812. The van der Waals surface area contributed by atoms with Gasteiger partial charge in [-0.1, -0.05) is 26.7 Å². The quantitative estimate of drug-likeness (QED) is 0.713. The molecule has 0 aromatic rings. The van der Waals surface area contributed by atoms with Gasteiger partial charge in [0.25, 0.3) is 0 Å². The van der Waals surface area contributed by atoms with E-state index in [9.17, 15) is 14.4 Å². The molecule has 126 valence electrons. The first kappa shape index (κ1) is 18.5. The summed E-state index contributed by atoms with van der Waals surface area (Å²) < 4.78 is 0. The number of aliphatic carboxylic acids is 1. The fourth-order valence-electron chi connectivity index (χ4n) is 2.82. The van der Waals surface area contributed by atoms with Crippen LogP contribution < -0.4 is 5.32 Å². The Morgan fingerprint density at radius 1 is 1.18 bits per heavy atom. The fourth-order valence-corrected chi connectivity index (χ4v) is 2.82. The number of carboxylic acids is 1. The Kier molecular flexibility index (Phi) is 7.35. The smallest absolute Gasteiger partial charge is 0.305 e. The van der Waals surface area contributed by atoms with Gasteiger partial charge in [-0.05, 0) is 25.7 Å². The molecule has 1 saturated carbocycles. The standard InChI is InChI=1S/C16H28N2O4/c1-11(2)10-18(9-8-14(19)20)16(22)12(3)17-15(21)13-6-4-5-7-13/h11-13H,4-10H2,1-3H3,(H,17,21)(H,19,20). The van der Waals surface area contributed by atoms with Crippen molar-refractivity contribution in [2.45, 2.75) is 58.9 Å². The zero-order valence-corrected chi connectivity index (χ0v) is 13.8. The Morgan fingerprint density at radius 2 is 1.77 bits per heavy atom. The van der Waals surface area contributed by atoms with Crippen LogP contribution in [-0.2, 0) is 14.4 Å². The molecule has 6 heteroatoms. The molecule has 0 spiro atoms. The highest BCUT2D eigenvalue weighted by Crippen LogP contribution is 2.24. The van der Waals surface area contributed by atoms with Crippen molar-refractivity contribution in [2.75, 3.05) is 13.1 Å². The van der Waals surface area contributed by atoms with Crippen LogP contribution in [0.3, 0.4) is 0 Å². The molecule has 0 bridgehead atoms. The zero-order valence-electron chi connectivity index (χ0n) is 13.8. The first-order valence-electron chi connectivity index (χ1n) is 8.12. The van der Waals surface area contributed by atoms with E-state index in [-0.39, 0.29) is 36.6 Å². The highest BCUT2D eigenvalue weighted by atomic mass is 16.4. The van der Waals surface area contributed by atoms with E-state index >= 15 is 0 Å². The molecule has 2 N–H and O–H groups in total. The third kappa shape index (κ3) is 6.03. The lowest BCUT2D eigenvalue weighted by molar-refractivity contribution is -0.140. The minimum absolute atomic E-state index is 0.0211. The Bertz CT molecular complexity index is 403. The van der Waals surface area contributed by atoms with Crippen LogP contribution in [0.1, 0.15) is 52.9 Å². The first-order chi connectivity index (χ1) is 10.3. The summed E-state index contributed by atoms with van der Waals surface area (Å²) in [5, 5.41) is 11.6. The van der Waals surface area contributed by atoms with Gasteiger partial charge >= 0.3 is 5.97 Å². The van der Waals surface area contributed by atoms with Gasteiger partial charge in [0.15, 0.2) is 0 Å². The number of nitrogens with zero attached hydrogens (tertiary/aromatic N) is 1. The number of rotatable bonds is 8. The van der Waals surface area contributed by atoms with E-state index in [1.54, 1.807) is 11.8 Å². The molecule has 0 saturated heterocycles. The van der Waals surface area contributed by atoms with E-state index in [2.05, 4.69) is 5.32 Å². The second kappa shape index (κ2) is 8.76. The maximum Gasteiger partial charge on any atom is 0.305 e. The van der Waals surface area contributed by atoms with E-state index < -0.39 is 12.0 Å². The van der Waals surface area contributed by atoms with Gasteiger partial charge in [-0.2, -0.15) is 0 Å². The topological polar surface area (TPSA) is 86.7 Å². The molecule has 2 amide bonds. The number of nitrogens with one attached hydrogen (secondary N) is 1. The number of hydrogen-bond donors (Lipinski definition) is 2. The van der Waals surface area contributed by atoms with Gasteiger partial charge in [0.2, 0.25) is 11.8 Å². The van der Waals surface area contributed by atoms with Crippen LogP contribution in [0.15, 0.2) is 0 Å². The lowest BCUT2D eigenvalue weighted by atomic mass is 10.1. The van der Waals surface area contributed by atoms with Crippen molar-refractivity contribution in [1.29, 1.82) is 0 Å². The molecule has 1 aliphatic carbocycles. The van der Waals surface area contributed by atoms with E-state index in [0.717, 1.165) is 25.7 Å². The molecule has 1 unspecified atom stereocenters. The van der Waals surface area contributed by atoms with Crippen LogP contribution in [0.4, 0.5) is 0 Å². The van der Waals surface area contributed by atoms with Gasteiger partial charge in [-0.25, -0.2) is 0 Å². The van der Waals surface area contributed by atoms with Crippen molar-refractivity contribution >= 4 is 17.8 Å². The van der Waals surface area contributed by atoms with Crippen molar-refractivity contribution in [2.24, 2.45) is 11.8 Å². The molecule has 0 aromatic carbocycles. The van der Waals surface area contributed by atoms with Crippen LogP contribution in [0, 0.1) is 11.8 Å². The van der Waals surface area contributed by atoms with Crippen LogP contribution >= 0.6 is 0 Å². The highest BCUT2D eigenvalue weighted by molar-refractivity contribution is 5.88. The Balaban J connectivity index is 2.57. The summed E-state index contributed by atoms with van der Waals surface area (Å²) in [6.45, 7) is 6.29. The molecule has 1 atom stereocenters. The van der Waals surface area contributed by atoms with Crippen LogP contribution in [0.2, 0.25) is 0 Å². The van der Waals surface area contributed by atoms with Crippen molar-refractivity contribution in [3.63, 3.8) is 0 Å². The van der Waals surface area contributed by atoms with E-state index in [4.69, 9.17) is 5.11 Å². The zero-order chi connectivity index (χ0) is 16.7. The third-order valence-electron chi connectivity index (χ3n) is 3.95. The van der Waals surface area contributed by atoms with Crippen molar-refractivity contribution in [3.05, 3.63) is 0 Å². The summed E-state index contributed by atoms with van der Waals surface area (Å²) in [5.74, 6) is -0.921. The molecule has 0 heterocycles. The SMILES string of the molecule is CC(C)CN(CCC(=O)O)C(=O)C(C)NC(=O)C1CCCC1. The average molecular weight is 312 g/mol. The second-order valence-electron chi connectivity index (χ2n) is 6.53. The molecule has 1 aliphatic rings. The minimum Gasteiger partial charge on any atom is -0.481 e. The molecule has 0 aromatic heterocycles. The molecule has 6 nitrogen and oxygen atoms in total. The molecular formula is C16H28N2O4. The summed E-state index contributed by atoms with van der Waals surface area (Å²) in [5.41, 5.74) is 0. The average Bonchev–Trinajstić information content (AvgIpc) is 2.96. The van der Waals surface area contributed by atoms with Crippen LogP contribution in [-0.4, -0.2) is 46.9 Å². The summed E-state index contributed by atoms with van der Waals surface area (Å²) in [6, 6.07) is -0.611. The van der Waals surface area contributed by atoms with Gasteiger partial charge in [-0.15, -0.1) is 0 Å². The monoisotopic (exact) mass is 312 g/mol. The van der Waals surface area contributed by atoms with E-state index in [1.165, 1.54) is 0 Å². The summed E-state index contributed by atoms with van der Waals surface area (Å²) >= 11 is 0. The van der Waals surface area contributed by atoms with Crippen molar-refractivity contribution in [3.8, 4) is 0 Å². The van der Waals surface area contributed by atoms with Gasteiger partial charge in [0, 0.05) is 19.0 Å². The largest absolute Gasteiger partial charge is 0.481 e. The molecule has 1 fully saturated rings. The van der Waals surface area contributed by atoms with Crippen LogP contribution in [0.25, 0.3) is 0 Å². The van der Waals surface area contributed by atoms with Gasteiger partial charge in [-0.3, -0.25) is 14.4 Å². The third-order valence-corrected chi connectivity index (χ3v) is 3.95. The summed E-state index contributed by atoms with van der Waals surface area (Å²) in [6.07, 6.45) is 3.84. The molecule has 22 heavy (non-hydrogen) atoms. The van der Waals surface area contributed by atoms with Crippen molar-refractivity contribution < 1.29 is 19.5 Å². The minimum atomic E-state index is -0.927. The molecule has 0 aliphatic heterocycles. The van der Waals surface area contributed by atoms with Gasteiger partial charge in [0.05, 0.1) is 6.42 Å². The van der Waals surface area contributed by atoms with Crippen LogP contribution in [0.5, 0.6) is 0 Å². The molecule has 0 radical (unpaired) electrons. The van der Waals surface area contributed by atoms with Gasteiger partial charge in [0.1, 0.15) is 6.04 Å². The van der Waals surface area contributed by atoms with E-state index in [1.807, 2.05) is 13.8 Å². The maximum absolute atomic E-state index is 12.5. The number of carbonyl (C=O) groups is 3. The Labute approximate surface area is 132 Å². The lowest BCUT2D eigenvalue weighted by Gasteiger charge is -2.27. The predicted molar refractivity (Wildman–Crippen MR) is 83.2 cm³/mol. The first-order valence-corrected chi connectivity index (χ1v) is 8.12. The van der Waals surface area contributed by atoms with Gasteiger partial charge < -0.3 is 15.3 Å². The predicted octanol–water partition coefficient (Wildman–Crippen LogP) is 1.64. The molecule has 1 rings (SSSR count). The number of amides is 2. The Morgan fingerprint density at radius 3 is 2.27 bits per heavy atom. The van der Waals surface area contributed by atoms with E-state index in [0.29, 0.717) is 6.54 Å². The number of carbonyl (C=O) groups excluding carboxylic acids is 2. The second-order valence-corrected chi connectivity index (χ2v) is 6.53. The molecular weight excluding hydrogens is 284 g/mol. The lowest BCUT2D eigenvalue weighted by Crippen LogP contribution is -2.49. The maximum atomic E-state index is 12.5. The number of hydrogen-bond acceptors (Lipinski definition) is 3. The summed E-state index contributed by atoms with van der Waals surface area (Å²) in [4.78, 5) is 36.8. The highest BCUT2D eigenvalue weighted by Gasteiger charge is 2.27. The Hall–Kier alpha value is -1.59. The normalized spacial score (nSPS) is 16.5. The summed E-state index contributed by atoms with van der Waals surface area (Å²) in [7, 11) is 0.